The van der Waals surface area contributed by atoms with E-state index in [1.807, 2.05) is 41.8 Å². The number of hydrogen-bond donors (Lipinski definition) is 1. The van der Waals surface area contributed by atoms with Gasteiger partial charge in [0, 0.05) is 15.4 Å². The third-order valence-electron chi connectivity index (χ3n) is 4.43. The number of esters is 1. The van der Waals surface area contributed by atoms with E-state index in [1.54, 1.807) is 49.7 Å². The number of ether oxygens (including phenoxy) is 2. The number of anilines is 1. The van der Waals surface area contributed by atoms with E-state index < -0.39 is 5.97 Å². The van der Waals surface area contributed by atoms with Crippen LogP contribution in [0.1, 0.15) is 15.9 Å². The second kappa shape index (κ2) is 10.2. The van der Waals surface area contributed by atoms with Crippen LogP contribution in [0.15, 0.2) is 87.8 Å². The number of nitrogens with one attached hydrogen (secondary N) is 1. The standard InChI is InChI=1S/C24H18BrN3O3S/c1-30-20-12-6-18(7-13-20)23(29)31-21-10-2-16(3-11-21)14-26-28-24-27-22(15-32-24)17-4-8-19(25)9-5-17/h2-15H,1H3,(H,27,28). The minimum Gasteiger partial charge on any atom is -0.497 e. The molecule has 0 aliphatic carbocycles. The largest absolute Gasteiger partial charge is 0.497 e. The van der Waals surface area contributed by atoms with Crippen LogP contribution in [0, 0.1) is 0 Å². The van der Waals surface area contributed by atoms with E-state index in [4.69, 9.17) is 9.47 Å². The smallest absolute Gasteiger partial charge is 0.343 e. The number of carbonyl (C=O) groups excluding carboxylic acids is 1. The lowest BCUT2D eigenvalue weighted by Crippen LogP contribution is -2.08. The van der Waals surface area contributed by atoms with Gasteiger partial charge in [0.1, 0.15) is 11.5 Å². The second-order valence-corrected chi connectivity index (χ2v) is 8.38. The molecule has 1 heterocycles. The molecule has 1 N–H and O–H groups in total. The van der Waals surface area contributed by atoms with E-state index in [2.05, 4.69) is 31.4 Å². The number of benzene rings is 3. The Kier molecular flexibility index (Phi) is 6.94. The van der Waals surface area contributed by atoms with E-state index in [1.165, 1.54) is 11.3 Å². The second-order valence-electron chi connectivity index (χ2n) is 6.60. The number of hydrogen-bond acceptors (Lipinski definition) is 7. The summed E-state index contributed by atoms with van der Waals surface area (Å²) in [5.41, 5.74) is 6.18. The highest BCUT2D eigenvalue weighted by atomic mass is 79.9. The van der Waals surface area contributed by atoms with Gasteiger partial charge in [-0.2, -0.15) is 5.10 Å². The van der Waals surface area contributed by atoms with E-state index in [9.17, 15) is 4.79 Å². The highest BCUT2D eigenvalue weighted by Crippen LogP contribution is 2.26. The van der Waals surface area contributed by atoms with Gasteiger partial charge in [0.05, 0.1) is 24.6 Å². The summed E-state index contributed by atoms with van der Waals surface area (Å²) in [7, 11) is 1.58. The Labute approximate surface area is 197 Å². The van der Waals surface area contributed by atoms with E-state index in [0.717, 1.165) is 21.3 Å². The maximum Gasteiger partial charge on any atom is 0.343 e. The van der Waals surface area contributed by atoms with Gasteiger partial charge < -0.3 is 9.47 Å². The fourth-order valence-corrected chi connectivity index (χ4v) is 3.69. The first-order valence-corrected chi connectivity index (χ1v) is 11.2. The minimum atomic E-state index is -0.430. The summed E-state index contributed by atoms with van der Waals surface area (Å²) < 4.78 is 11.5. The van der Waals surface area contributed by atoms with E-state index in [0.29, 0.717) is 22.2 Å². The lowest BCUT2D eigenvalue weighted by atomic mass is 10.2. The number of nitrogens with zero attached hydrogens (tertiary/aromatic N) is 2. The van der Waals surface area contributed by atoms with Crippen molar-refractivity contribution >= 4 is 44.6 Å². The molecule has 0 atom stereocenters. The van der Waals surface area contributed by atoms with Crippen molar-refractivity contribution in [1.82, 2.24) is 4.98 Å². The topological polar surface area (TPSA) is 72.8 Å². The van der Waals surface area contributed by atoms with Gasteiger partial charge in [-0.1, -0.05) is 28.1 Å². The van der Waals surface area contributed by atoms with Crippen LogP contribution in [0.2, 0.25) is 0 Å². The van der Waals surface area contributed by atoms with Gasteiger partial charge in [0.25, 0.3) is 0 Å². The third-order valence-corrected chi connectivity index (χ3v) is 5.71. The summed E-state index contributed by atoms with van der Waals surface area (Å²) in [5, 5.41) is 6.91. The molecule has 0 aliphatic heterocycles. The quantitative estimate of drug-likeness (QED) is 0.138. The summed E-state index contributed by atoms with van der Waals surface area (Å²) in [6, 6.07) is 21.8. The molecule has 3 aromatic carbocycles. The maximum atomic E-state index is 12.2. The van der Waals surface area contributed by atoms with Crippen molar-refractivity contribution in [2.75, 3.05) is 12.5 Å². The van der Waals surface area contributed by atoms with Gasteiger partial charge in [0.2, 0.25) is 5.13 Å². The van der Waals surface area contributed by atoms with Crippen LogP contribution < -0.4 is 14.9 Å². The molecule has 6 nitrogen and oxygen atoms in total. The molecule has 0 bridgehead atoms. The van der Waals surface area contributed by atoms with Crippen molar-refractivity contribution in [2.45, 2.75) is 0 Å². The zero-order chi connectivity index (χ0) is 22.3. The van der Waals surface area contributed by atoms with Crippen LogP contribution in [0.5, 0.6) is 11.5 Å². The molecule has 4 rings (SSSR count). The van der Waals surface area contributed by atoms with E-state index >= 15 is 0 Å². The molecule has 0 saturated heterocycles. The highest BCUT2D eigenvalue weighted by Gasteiger charge is 2.08. The van der Waals surface area contributed by atoms with Crippen molar-refractivity contribution in [3.63, 3.8) is 0 Å². The average Bonchev–Trinajstić information content (AvgIpc) is 3.29. The molecule has 160 valence electrons. The van der Waals surface area contributed by atoms with Gasteiger partial charge in [0.15, 0.2) is 0 Å². The Morgan fingerprint density at radius 3 is 2.38 bits per heavy atom. The van der Waals surface area contributed by atoms with Gasteiger partial charge in [-0.3, -0.25) is 5.43 Å². The minimum absolute atomic E-state index is 0.430. The SMILES string of the molecule is COc1ccc(C(=O)Oc2ccc(C=NNc3nc(-c4ccc(Br)cc4)cs3)cc2)cc1. The number of thiazole rings is 1. The Morgan fingerprint density at radius 2 is 1.69 bits per heavy atom. The normalized spacial score (nSPS) is 10.8. The summed E-state index contributed by atoms with van der Waals surface area (Å²) in [6.45, 7) is 0. The number of halogens is 1. The summed E-state index contributed by atoms with van der Waals surface area (Å²) in [5.74, 6) is 0.706. The van der Waals surface area contributed by atoms with E-state index in [-0.39, 0.29) is 0 Å². The molecule has 0 fully saturated rings. The van der Waals surface area contributed by atoms with Crippen LogP contribution >= 0.6 is 27.3 Å². The zero-order valence-electron chi connectivity index (χ0n) is 17.0. The first-order chi connectivity index (χ1) is 15.6. The summed E-state index contributed by atoms with van der Waals surface area (Å²) in [6.07, 6.45) is 1.68. The van der Waals surface area contributed by atoms with Crippen LogP contribution in [0.25, 0.3) is 11.3 Å². The summed E-state index contributed by atoms with van der Waals surface area (Å²) >= 11 is 4.91. The molecule has 0 saturated carbocycles. The lowest BCUT2D eigenvalue weighted by molar-refractivity contribution is 0.0734. The average molecular weight is 508 g/mol. The van der Waals surface area contributed by atoms with Crippen molar-refractivity contribution in [1.29, 1.82) is 0 Å². The Balaban J connectivity index is 1.32. The Bertz CT molecular complexity index is 1220. The molecule has 0 aliphatic rings. The number of aromatic nitrogens is 1. The van der Waals surface area contributed by atoms with Crippen molar-refractivity contribution in [2.24, 2.45) is 5.10 Å². The van der Waals surface area contributed by atoms with Crippen LogP contribution in [0.3, 0.4) is 0 Å². The monoisotopic (exact) mass is 507 g/mol. The molecular weight excluding hydrogens is 490 g/mol. The van der Waals surface area contributed by atoms with Crippen molar-refractivity contribution in [3.05, 3.63) is 93.8 Å². The predicted octanol–water partition coefficient (Wildman–Crippen LogP) is 6.25. The Morgan fingerprint density at radius 1 is 1.00 bits per heavy atom. The number of rotatable bonds is 7. The fourth-order valence-electron chi connectivity index (χ4n) is 2.76. The molecule has 0 spiro atoms. The number of hydrazone groups is 1. The van der Waals surface area contributed by atoms with Gasteiger partial charge >= 0.3 is 5.97 Å². The molecule has 0 amide bonds. The summed E-state index contributed by atoms with van der Waals surface area (Å²) in [4.78, 5) is 16.8. The fraction of sp³-hybridized carbons (Fsp3) is 0.0417. The first-order valence-electron chi connectivity index (χ1n) is 9.57. The molecule has 4 aromatic rings. The third kappa shape index (κ3) is 5.60. The molecule has 0 unspecified atom stereocenters. The maximum absolute atomic E-state index is 12.2. The van der Waals surface area contributed by atoms with Crippen LogP contribution in [-0.4, -0.2) is 24.3 Å². The van der Waals surface area contributed by atoms with Crippen molar-refractivity contribution < 1.29 is 14.3 Å². The van der Waals surface area contributed by atoms with Crippen molar-refractivity contribution in [3.8, 4) is 22.8 Å². The molecular formula is C24H18BrN3O3S. The van der Waals surface area contributed by atoms with Crippen LogP contribution in [0.4, 0.5) is 5.13 Å². The molecule has 1 aromatic heterocycles. The first kappa shape index (κ1) is 21.7. The number of methoxy groups -OCH3 is 1. The van der Waals surface area contributed by atoms with Gasteiger partial charge in [-0.15, -0.1) is 11.3 Å². The lowest BCUT2D eigenvalue weighted by Gasteiger charge is -2.05. The molecule has 0 radical (unpaired) electrons. The number of carbonyl (C=O) groups is 1. The Hall–Kier alpha value is -3.49. The molecule has 8 heteroatoms. The zero-order valence-corrected chi connectivity index (χ0v) is 19.4. The highest BCUT2D eigenvalue weighted by molar-refractivity contribution is 9.10. The van der Waals surface area contributed by atoms with Gasteiger partial charge in [-0.05, 0) is 66.2 Å². The van der Waals surface area contributed by atoms with Crippen LogP contribution in [-0.2, 0) is 0 Å². The predicted molar refractivity (Wildman–Crippen MR) is 131 cm³/mol. The molecule has 32 heavy (non-hydrogen) atoms. The van der Waals surface area contributed by atoms with Gasteiger partial charge in [-0.25, -0.2) is 9.78 Å².